The van der Waals surface area contributed by atoms with Gasteiger partial charge in [0.05, 0.1) is 24.6 Å². The third-order valence-corrected chi connectivity index (χ3v) is 5.37. The zero-order valence-corrected chi connectivity index (χ0v) is 16.0. The Morgan fingerprint density at radius 3 is 2.48 bits per heavy atom. The summed E-state index contributed by atoms with van der Waals surface area (Å²) >= 11 is 6.05. The summed E-state index contributed by atoms with van der Waals surface area (Å²) < 4.78 is 5.48. The number of anilines is 3. The van der Waals surface area contributed by atoms with E-state index in [0.29, 0.717) is 23.8 Å². The molecule has 6 heteroatoms. The number of morpholine rings is 1. The van der Waals surface area contributed by atoms with E-state index in [2.05, 4.69) is 33.3 Å². The van der Waals surface area contributed by atoms with Crippen LogP contribution in [0.3, 0.4) is 0 Å². The predicted octanol–water partition coefficient (Wildman–Crippen LogP) is 4.03. The maximum atomic E-state index is 12.8. The summed E-state index contributed by atoms with van der Waals surface area (Å²) in [6, 6.07) is 13.4. The number of hydrogen-bond donors (Lipinski definition) is 1. The summed E-state index contributed by atoms with van der Waals surface area (Å²) in [4.78, 5) is 17.4. The summed E-state index contributed by atoms with van der Waals surface area (Å²) in [7, 11) is 0. The highest BCUT2D eigenvalue weighted by Gasteiger charge is 2.20. The van der Waals surface area contributed by atoms with Crippen LogP contribution in [0.5, 0.6) is 0 Å². The molecule has 2 fully saturated rings. The van der Waals surface area contributed by atoms with Crippen molar-refractivity contribution in [3.63, 3.8) is 0 Å². The van der Waals surface area contributed by atoms with Gasteiger partial charge in [-0.15, -0.1) is 0 Å². The van der Waals surface area contributed by atoms with Gasteiger partial charge in [-0.25, -0.2) is 0 Å². The smallest absolute Gasteiger partial charge is 0.255 e. The van der Waals surface area contributed by atoms with E-state index < -0.39 is 0 Å². The maximum absolute atomic E-state index is 12.8. The van der Waals surface area contributed by atoms with Crippen LogP contribution >= 0.6 is 11.6 Å². The molecule has 2 aromatic rings. The van der Waals surface area contributed by atoms with Crippen LogP contribution in [-0.4, -0.2) is 45.3 Å². The molecule has 27 heavy (non-hydrogen) atoms. The maximum Gasteiger partial charge on any atom is 0.255 e. The van der Waals surface area contributed by atoms with Crippen LogP contribution in [0.1, 0.15) is 23.2 Å². The van der Waals surface area contributed by atoms with Crippen LogP contribution in [0.15, 0.2) is 42.5 Å². The standard InChI is InChI=1S/C21H24ClN3O2/c22-17-5-3-4-16(14-17)21(26)23-19-15-18(24-8-1-2-9-24)6-7-20(19)25-10-12-27-13-11-25/h3-7,14-15H,1-2,8-13H2,(H,23,26). The van der Waals surface area contributed by atoms with Crippen molar-refractivity contribution in [3.05, 3.63) is 53.1 Å². The van der Waals surface area contributed by atoms with Crippen molar-refractivity contribution >= 4 is 34.6 Å². The molecule has 0 radical (unpaired) electrons. The lowest BCUT2D eigenvalue weighted by molar-refractivity contribution is 0.102. The van der Waals surface area contributed by atoms with E-state index in [1.165, 1.54) is 12.8 Å². The van der Waals surface area contributed by atoms with Gasteiger partial charge in [0, 0.05) is 42.5 Å². The second kappa shape index (κ2) is 8.19. The van der Waals surface area contributed by atoms with Gasteiger partial charge in [-0.05, 0) is 49.2 Å². The number of nitrogens with zero attached hydrogens (tertiary/aromatic N) is 2. The quantitative estimate of drug-likeness (QED) is 0.863. The Morgan fingerprint density at radius 2 is 1.74 bits per heavy atom. The predicted molar refractivity (Wildman–Crippen MR) is 110 cm³/mol. The number of halogens is 1. The molecular weight excluding hydrogens is 362 g/mol. The van der Waals surface area contributed by atoms with Crippen molar-refractivity contribution in [1.82, 2.24) is 0 Å². The van der Waals surface area contributed by atoms with Crippen molar-refractivity contribution in [1.29, 1.82) is 0 Å². The van der Waals surface area contributed by atoms with Gasteiger partial charge in [-0.3, -0.25) is 4.79 Å². The van der Waals surface area contributed by atoms with Crippen molar-refractivity contribution < 1.29 is 9.53 Å². The van der Waals surface area contributed by atoms with Gasteiger partial charge in [0.15, 0.2) is 0 Å². The lowest BCUT2D eigenvalue weighted by Gasteiger charge is -2.31. The topological polar surface area (TPSA) is 44.8 Å². The molecule has 0 saturated carbocycles. The molecule has 1 amide bonds. The van der Waals surface area contributed by atoms with Gasteiger partial charge in [-0.2, -0.15) is 0 Å². The molecule has 2 aliphatic rings. The molecule has 0 aromatic heterocycles. The molecule has 142 valence electrons. The molecule has 2 saturated heterocycles. The minimum Gasteiger partial charge on any atom is -0.378 e. The summed E-state index contributed by atoms with van der Waals surface area (Å²) in [6.07, 6.45) is 2.44. The molecule has 0 bridgehead atoms. The van der Waals surface area contributed by atoms with Crippen LogP contribution in [0.25, 0.3) is 0 Å². The molecular formula is C21H24ClN3O2. The lowest BCUT2D eigenvalue weighted by atomic mass is 10.1. The molecule has 5 nitrogen and oxygen atoms in total. The molecule has 2 aromatic carbocycles. The number of hydrogen-bond acceptors (Lipinski definition) is 4. The van der Waals surface area contributed by atoms with E-state index in [0.717, 1.165) is 43.2 Å². The Bertz CT molecular complexity index is 815. The normalized spacial score (nSPS) is 17.2. The molecule has 1 N–H and O–H groups in total. The number of nitrogens with one attached hydrogen (secondary N) is 1. The Balaban J connectivity index is 1.64. The van der Waals surface area contributed by atoms with Crippen LogP contribution in [0.4, 0.5) is 17.1 Å². The molecule has 0 atom stereocenters. The first-order valence-corrected chi connectivity index (χ1v) is 9.87. The first-order chi connectivity index (χ1) is 13.2. The van der Waals surface area contributed by atoms with Crippen molar-refractivity contribution in [3.8, 4) is 0 Å². The summed E-state index contributed by atoms with van der Waals surface area (Å²) in [5.41, 5.74) is 3.59. The number of carbonyl (C=O) groups is 1. The molecule has 0 unspecified atom stereocenters. The lowest BCUT2D eigenvalue weighted by Crippen LogP contribution is -2.36. The number of rotatable bonds is 4. The summed E-state index contributed by atoms with van der Waals surface area (Å²) in [5.74, 6) is -0.148. The number of amides is 1. The van der Waals surface area contributed by atoms with Gasteiger partial charge >= 0.3 is 0 Å². The van der Waals surface area contributed by atoms with Gasteiger partial charge in [0.25, 0.3) is 5.91 Å². The average Bonchev–Trinajstić information content (AvgIpc) is 3.23. The molecule has 0 spiro atoms. The number of ether oxygens (including phenoxy) is 1. The van der Waals surface area contributed by atoms with Crippen molar-refractivity contribution in [2.24, 2.45) is 0 Å². The fraction of sp³-hybridized carbons (Fsp3) is 0.381. The van der Waals surface area contributed by atoms with E-state index in [1.54, 1.807) is 24.3 Å². The first-order valence-electron chi connectivity index (χ1n) is 9.49. The summed E-state index contributed by atoms with van der Waals surface area (Å²) in [6.45, 7) is 5.19. The van der Waals surface area contributed by atoms with Crippen LogP contribution in [0.2, 0.25) is 5.02 Å². The Labute approximate surface area is 164 Å². The fourth-order valence-electron chi connectivity index (χ4n) is 3.70. The molecule has 2 heterocycles. The number of carbonyl (C=O) groups excluding carboxylic acids is 1. The second-order valence-corrected chi connectivity index (χ2v) is 7.40. The molecule has 2 aliphatic heterocycles. The number of benzene rings is 2. The SMILES string of the molecule is O=C(Nc1cc(N2CCCC2)ccc1N1CCOCC1)c1cccc(Cl)c1. The average molecular weight is 386 g/mol. The Morgan fingerprint density at radius 1 is 0.963 bits per heavy atom. The largest absolute Gasteiger partial charge is 0.378 e. The van der Waals surface area contributed by atoms with E-state index in [9.17, 15) is 4.79 Å². The Kier molecular flexibility index (Phi) is 5.50. The molecule has 4 rings (SSSR count). The second-order valence-electron chi connectivity index (χ2n) is 6.96. The minimum atomic E-state index is -0.148. The monoisotopic (exact) mass is 385 g/mol. The van der Waals surface area contributed by atoms with E-state index in [-0.39, 0.29) is 5.91 Å². The summed E-state index contributed by atoms with van der Waals surface area (Å²) in [5, 5.41) is 3.67. The highest BCUT2D eigenvalue weighted by Crippen LogP contribution is 2.33. The van der Waals surface area contributed by atoms with Crippen LogP contribution in [-0.2, 0) is 4.74 Å². The van der Waals surface area contributed by atoms with Gasteiger partial charge in [-0.1, -0.05) is 17.7 Å². The van der Waals surface area contributed by atoms with Gasteiger partial charge in [0.2, 0.25) is 0 Å². The third-order valence-electron chi connectivity index (χ3n) is 5.14. The Hall–Kier alpha value is -2.24. The van der Waals surface area contributed by atoms with E-state index >= 15 is 0 Å². The zero-order valence-electron chi connectivity index (χ0n) is 15.3. The zero-order chi connectivity index (χ0) is 18.6. The fourth-order valence-corrected chi connectivity index (χ4v) is 3.89. The van der Waals surface area contributed by atoms with Crippen molar-refractivity contribution in [2.75, 3.05) is 54.5 Å². The third kappa shape index (κ3) is 4.20. The van der Waals surface area contributed by atoms with Crippen LogP contribution in [0, 0.1) is 0 Å². The van der Waals surface area contributed by atoms with Gasteiger partial charge < -0.3 is 19.9 Å². The van der Waals surface area contributed by atoms with E-state index in [1.807, 2.05) is 0 Å². The highest BCUT2D eigenvalue weighted by molar-refractivity contribution is 6.31. The molecule has 0 aliphatic carbocycles. The first kappa shape index (κ1) is 18.1. The minimum absolute atomic E-state index is 0.148. The van der Waals surface area contributed by atoms with Crippen LogP contribution < -0.4 is 15.1 Å². The van der Waals surface area contributed by atoms with Gasteiger partial charge in [0.1, 0.15) is 0 Å². The highest BCUT2D eigenvalue weighted by atomic mass is 35.5. The van der Waals surface area contributed by atoms with Crippen molar-refractivity contribution in [2.45, 2.75) is 12.8 Å². The van der Waals surface area contributed by atoms with E-state index in [4.69, 9.17) is 16.3 Å².